The predicted molar refractivity (Wildman–Crippen MR) is 116 cm³/mol. The van der Waals surface area contributed by atoms with Gasteiger partial charge in [-0.05, 0) is 66.9 Å². The molecule has 1 fully saturated rings. The van der Waals surface area contributed by atoms with Crippen LogP contribution in [-0.2, 0) is 28.0 Å². The Labute approximate surface area is 186 Å². The van der Waals surface area contributed by atoms with Crippen LogP contribution in [0.4, 0.5) is 4.39 Å². The summed E-state index contributed by atoms with van der Waals surface area (Å²) in [6.07, 6.45) is 5.53. The third-order valence-corrected chi connectivity index (χ3v) is 6.81. The van der Waals surface area contributed by atoms with Gasteiger partial charge in [-0.1, -0.05) is 25.0 Å². The molecular formula is C24H24FNO5S. The van der Waals surface area contributed by atoms with Crippen LogP contribution in [0.5, 0.6) is 5.75 Å². The van der Waals surface area contributed by atoms with E-state index in [1.807, 2.05) is 6.07 Å². The molecule has 0 aliphatic heterocycles. The number of carbonyl (C=O) groups is 1. The van der Waals surface area contributed by atoms with Crippen LogP contribution in [0.2, 0.25) is 0 Å². The van der Waals surface area contributed by atoms with Crippen LogP contribution in [-0.4, -0.2) is 19.2 Å². The molecule has 1 amide bonds. The molecule has 0 unspecified atom stereocenters. The number of furan rings is 1. The van der Waals surface area contributed by atoms with Gasteiger partial charge in [-0.3, -0.25) is 4.79 Å². The summed E-state index contributed by atoms with van der Waals surface area (Å²) in [4.78, 5) is 14.7. The molecule has 2 aromatic carbocycles. The average Bonchev–Trinajstić information content (AvgIpc) is 3.49. The Bertz CT molecular complexity index is 1140. The second-order valence-electron chi connectivity index (χ2n) is 7.89. The lowest BCUT2D eigenvalue weighted by molar-refractivity contribution is -0.136. The van der Waals surface area contributed by atoms with E-state index in [0.717, 1.165) is 55.5 Å². The molecule has 6 nitrogen and oxygen atoms in total. The molecule has 1 aliphatic carbocycles. The van der Waals surface area contributed by atoms with Crippen LogP contribution in [0.25, 0.3) is 0 Å². The van der Waals surface area contributed by atoms with Crippen LogP contribution in [0, 0.1) is 11.7 Å². The number of nitrogens with zero attached hydrogens (tertiary/aromatic N) is 1. The summed E-state index contributed by atoms with van der Waals surface area (Å²) in [6, 6.07) is 14.6. The molecule has 0 spiro atoms. The highest BCUT2D eigenvalue weighted by molar-refractivity contribution is 7.87. The number of hydrogen-bond donors (Lipinski definition) is 0. The molecular weight excluding hydrogens is 433 g/mol. The van der Waals surface area contributed by atoms with Crippen molar-refractivity contribution in [2.45, 2.75) is 43.7 Å². The fourth-order valence-electron chi connectivity index (χ4n) is 3.88. The van der Waals surface area contributed by atoms with Crippen LogP contribution in [0.15, 0.2) is 76.2 Å². The molecule has 8 heteroatoms. The van der Waals surface area contributed by atoms with E-state index >= 15 is 0 Å². The van der Waals surface area contributed by atoms with Crippen molar-refractivity contribution < 1.29 is 26.2 Å². The highest BCUT2D eigenvalue weighted by Crippen LogP contribution is 2.28. The van der Waals surface area contributed by atoms with Crippen molar-refractivity contribution in [1.29, 1.82) is 0 Å². The minimum absolute atomic E-state index is 0.0356. The van der Waals surface area contributed by atoms with Crippen molar-refractivity contribution in [3.63, 3.8) is 0 Å². The Balaban J connectivity index is 1.46. The smallest absolute Gasteiger partial charge is 0.339 e. The van der Waals surface area contributed by atoms with Crippen molar-refractivity contribution in [1.82, 2.24) is 4.90 Å². The Hall–Kier alpha value is -3.13. The highest BCUT2D eigenvalue weighted by Gasteiger charge is 2.28. The van der Waals surface area contributed by atoms with Gasteiger partial charge in [-0.25, -0.2) is 4.39 Å². The zero-order chi connectivity index (χ0) is 22.6. The second kappa shape index (κ2) is 9.56. The van der Waals surface area contributed by atoms with E-state index in [9.17, 15) is 17.6 Å². The summed E-state index contributed by atoms with van der Waals surface area (Å²) in [5.74, 6) is 0.463. The summed E-state index contributed by atoms with van der Waals surface area (Å²) in [6.45, 7) is 0.751. The number of benzene rings is 2. The zero-order valence-corrected chi connectivity index (χ0v) is 18.3. The Morgan fingerprint density at radius 3 is 2.31 bits per heavy atom. The van der Waals surface area contributed by atoms with Gasteiger partial charge in [0.25, 0.3) is 0 Å². The molecule has 4 rings (SSSR count). The molecule has 1 aliphatic rings. The number of rotatable bonds is 8. The fourth-order valence-corrected chi connectivity index (χ4v) is 4.81. The Kier molecular flexibility index (Phi) is 6.60. The summed E-state index contributed by atoms with van der Waals surface area (Å²) < 4.78 is 48.4. The van der Waals surface area contributed by atoms with Gasteiger partial charge in [0.2, 0.25) is 5.91 Å². The first-order valence-corrected chi connectivity index (χ1v) is 11.9. The predicted octanol–water partition coefficient (Wildman–Crippen LogP) is 4.91. The number of amides is 1. The Morgan fingerprint density at radius 2 is 1.69 bits per heavy atom. The van der Waals surface area contributed by atoms with Crippen LogP contribution in [0.3, 0.4) is 0 Å². The second-order valence-corrected chi connectivity index (χ2v) is 9.44. The normalized spacial score (nSPS) is 14.4. The topological polar surface area (TPSA) is 76.8 Å². The van der Waals surface area contributed by atoms with E-state index in [1.165, 1.54) is 0 Å². The van der Waals surface area contributed by atoms with Gasteiger partial charge in [-0.15, -0.1) is 0 Å². The first-order chi connectivity index (χ1) is 15.4. The van der Waals surface area contributed by atoms with E-state index in [1.54, 1.807) is 41.5 Å². The first kappa shape index (κ1) is 22.1. The molecule has 1 saturated carbocycles. The van der Waals surface area contributed by atoms with E-state index < -0.39 is 15.9 Å². The monoisotopic (exact) mass is 457 g/mol. The van der Waals surface area contributed by atoms with Gasteiger partial charge >= 0.3 is 10.1 Å². The van der Waals surface area contributed by atoms with Crippen molar-refractivity contribution in [2.75, 3.05) is 0 Å². The van der Waals surface area contributed by atoms with Gasteiger partial charge in [0.1, 0.15) is 22.2 Å². The molecule has 168 valence electrons. The maximum atomic E-state index is 13.1. The lowest BCUT2D eigenvalue weighted by Gasteiger charge is -2.25. The van der Waals surface area contributed by atoms with Crippen molar-refractivity contribution in [2.24, 2.45) is 5.92 Å². The maximum Gasteiger partial charge on any atom is 0.339 e. The largest absolute Gasteiger partial charge is 0.467 e. The van der Waals surface area contributed by atoms with Crippen molar-refractivity contribution in [3.05, 3.63) is 84.1 Å². The van der Waals surface area contributed by atoms with Gasteiger partial charge in [0.15, 0.2) is 0 Å². The van der Waals surface area contributed by atoms with Crippen molar-refractivity contribution >= 4 is 16.0 Å². The first-order valence-electron chi connectivity index (χ1n) is 10.5. The summed E-state index contributed by atoms with van der Waals surface area (Å²) in [7, 11) is -4.07. The molecule has 1 aromatic heterocycles. The van der Waals surface area contributed by atoms with E-state index in [2.05, 4.69) is 0 Å². The van der Waals surface area contributed by atoms with Gasteiger partial charge in [-0.2, -0.15) is 8.42 Å². The molecule has 0 N–H and O–H groups in total. The maximum absolute atomic E-state index is 13.1. The van der Waals surface area contributed by atoms with E-state index in [4.69, 9.17) is 8.60 Å². The summed E-state index contributed by atoms with van der Waals surface area (Å²) in [5.41, 5.74) is 0.842. The van der Waals surface area contributed by atoms with Crippen molar-refractivity contribution in [3.8, 4) is 5.75 Å². The molecule has 32 heavy (non-hydrogen) atoms. The average molecular weight is 458 g/mol. The third-order valence-electron chi connectivity index (χ3n) is 5.55. The lowest BCUT2D eigenvalue weighted by Crippen LogP contribution is -2.34. The van der Waals surface area contributed by atoms with Gasteiger partial charge in [0.05, 0.1) is 12.8 Å². The molecule has 0 atom stereocenters. The van der Waals surface area contributed by atoms with E-state index in [0.29, 0.717) is 18.8 Å². The molecule has 1 heterocycles. The van der Waals surface area contributed by atoms with Gasteiger partial charge in [0, 0.05) is 12.5 Å². The number of carbonyl (C=O) groups excluding carboxylic acids is 1. The van der Waals surface area contributed by atoms with E-state index in [-0.39, 0.29) is 22.5 Å². The molecule has 0 bridgehead atoms. The number of hydrogen-bond acceptors (Lipinski definition) is 5. The molecule has 0 saturated heterocycles. The Morgan fingerprint density at radius 1 is 1.00 bits per heavy atom. The quantitative estimate of drug-likeness (QED) is 0.450. The zero-order valence-electron chi connectivity index (χ0n) is 17.4. The van der Waals surface area contributed by atoms with Gasteiger partial charge < -0.3 is 13.5 Å². The fraction of sp³-hybridized carbons (Fsp3) is 0.292. The highest BCUT2D eigenvalue weighted by atomic mass is 32.2. The molecule has 0 radical (unpaired) electrons. The van der Waals surface area contributed by atoms with Crippen LogP contribution >= 0.6 is 0 Å². The SMILES string of the molecule is O=C(C1CCCC1)N(Cc1ccc(OS(=O)(=O)c2ccc(F)cc2)cc1)Cc1ccco1. The third kappa shape index (κ3) is 5.37. The minimum Gasteiger partial charge on any atom is -0.467 e. The number of halogens is 1. The standard InChI is InChI=1S/C24H24FNO5S/c25-20-9-13-23(14-10-20)32(28,29)31-21-11-7-18(8-12-21)16-26(17-22-6-3-15-30-22)24(27)19-4-1-2-5-19/h3,6-15,19H,1-2,4-5,16-17H2. The summed E-state index contributed by atoms with van der Waals surface area (Å²) >= 11 is 0. The summed E-state index contributed by atoms with van der Waals surface area (Å²) in [5, 5.41) is 0. The molecule has 3 aromatic rings. The van der Waals surface area contributed by atoms with Crippen LogP contribution < -0.4 is 4.18 Å². The minimum atomic E-state index is -4.07. The lowest BCUT2D eigenvalue weighted by atomic mass is 10.1. The van der Waals surface area contributed by atoms with Crippen LogP contribution in [0.1, 0.15) is 37.0 Å².